The second kappa shape index (κ2) is 10.1. The molecule has 0 unspecified atom stereocenters. The minimum absolute atomic E-state index is 0.261. The minimum Gasteiger partial charge on any atom is -0.325 e. The lowest BCUT2D eigenvalue weighted by Crippen LogP contribution is -2.33. The molecule has 39 heavy (non-hydrogen) atoms. The zero-order chi connectivity index (χ0) is 27.3. The minimum atomic E-state index is -0.840. The summed E-state index contributed by atoms with van der Waals surface area (Å²) in [6.07, 6.45) is 0. The van der Waals surface area contributed by atoms with Crippen molar-refractivity contribution in [2.24, 2.45) is 5.92 Å². The Morgan fingerprint density at radius 1 is 0.923 bits per heavy atom. The number of aromatic nitrogens is 1. The average molecular weight is 580 g/mol. The fourth-order valence-corrected chi connectivity index (χ4v) is 7.89. The Balaban J connectivity index is 1.42. The molecule has 3 aromatic carbocycles. The number of thiazole rings is 1. The molecule has 1 aromatic heterocycles. The normalized spacial score (nSPS) is 20.1. The molecule has 1 N–H and O–H groups in total. The van der Waals surface area contributed by atoms with Gasteiger partial charge in [-0.05, 0) is 54.1 Å². The lowest BCUT2D eigenvalue weighted by molar-refractivity contribution is -0.122. The molecule has 4 aromatic rings. The highest BCUT2D eigenvalue weighted by atomic mass is 35.5. The van der Waals surface area contributed by atoms with E-state index in [-0.39, 0.29) is 11.4 Å². The number of rotatable bonds is 5. The van der Waals surface area contributed by atoms with E-state index in [0.29, 0.717) is 31.9 Å². The molecule has 11 heteroatoms. The zero-order valence-electron chi connectivity index (χ0n) is 20.0. The fraction of sp³-hybridized carbons (Fsp3) is 0.143. The van der Waals surface area contributed by atoms with Crippen LogP contribution in [0.25, 0.3) is 0 Å². The average Bonchev–Trinajstić information content (AvgIpc) is 3.36. The molecule has 0 radical (unpaired) electrons. The van der Waals surface area contributed by atoms with Gasteiger partial charge in [0.25, 0.3) is 0 Å². The molecule has 2 aliphatic rings. The Hall–Kier alpha value is -3.73. The number of carbonyl (C=O) groups excluding carboxylic acids is 3. The van der Waals surface area contributed by atoms with Gasteiger partial charge in [0, 0.05) is 21.5 Å². The van der Waals surface area contributed by atoms with Crippen molar-refractivity contribution in [3.8, 4) is 0 Å². The Bertz CT molecular complexity index is 1660. The van der Waals surface area contributed by atoms with E-state index in [0.717, 1.165) is 28.0 Å². The summed E-state index contributed by atoms with van der Waals surface area (Å²) in [6.45, 7) is -0.261. The van der Waals surface area contributed by atoms with Gasteiger partial charge in [0.05, 0.1) is 16.6 Å². The van der Waals surface area contributed by atoms with Gasteiger partial charge in [0.2, 0.25) is 17.7 Å². The maximum atomic E-state index is 13.8. The molecule has 7 nitrogen and oxygen atoms in total. The summed E-state index contributed by atoms with van der Waals surface area (Å²) in [5.41, 5.74) is 1.59. The van der Waals surface area contributed by atoms with Crippen molar-refractivity contribution in [2.75, 3.05) is 10.2 Å². The molecule has 3 amide bonds. The van der Waals surface area contributed by atoms with Crippen LogP contribution in [0.5, 0.6) is 0 Å². The summed E-state index contributed by atoms with van der Waals surface area (Å²) in [5, 5.41) is 2.86. The molecular formula is C28H19ClFN3O4S2. The third-order valence-electron chi connectivity index (χ3n) is 6.72. The second-order valence-corrected chi connectivity index (χ2v) is 11.7. The van der Waals surface area contributed by atoms with Crippen LogP contribution in [0.15, 0.2) is 88.7 Å². The molecule has 2 aliphatic heterocycles. The van der Waals surface area contributed by atoms with E-state index < -0.39 is 40.6 Å². The van der Waals surface area contributed by atoms with Gasteiger partial charge in [-0.3, -0.25) is 23.7 Å². The van der Waals surface area contributed by atoms with Gasteiger partial charge in [0.1, 0.15) is 17.6 Å². The second-order valence-electron chi connectivity index (χ2n) is 9.12. The van der Waals surface area contributed by atoms with Gasteiger partial charge in [-0.15, -0.1) is 0 Å². The van der Waals surface area contributed by atoms with E-state index in [1.165, 1.54) is 16.7 Å². The van der Waals surface area contributed by atoms with Crippen LogP contribution >= 0.6 is 34.7 Å². The first-order valence-corrected chi connectivity index (χ1v) is 14.0. The molecule has 0 bridgehead atoms. The number of para-hydroxylation sites is 1. The third kappa shape index (κ3) is 4.58. The van der Waals surface area contributed by atoms with Gasteiger partial charge in [-0.25, -0.2) is 9.29 Å². The maximum Gasteiger partial charge on any atom is 0.308 e. The van der Waals surface area contributed by atoms with E-state index >= 15 is 0 Å². The van der Waals surface area contributed by atoms with E-state index in [1.807, 2.05) is 6.07 Å². The van der Waals surface area contributed by atoms with Crippen molar-refractivity contribution in [1.29, 1.82) is 0 Å². The van der Waals surface area contributed by atoms with E-state index in [4.69, 9.17) is 11.6 Å². The van der Waals surface area contributed by atoms with Crippen LogP contribution in [0, 0.1) is 11.7 Å². The molecule has 1 fully saturated rings. The van der Waals surface area contributed by atoms with Crippen LogP contribution in [0.3, 0.4) is 0 Å². The lowest BCUT2D eigenvalue weighted by atomic mass is 9.83. The number of halogens is 2. The molecule has 0 saturated carbocycles. The predicted octanol–water partition coefficient (Wildman–Crippen LogP) is 5.14. The zero-order valence-corrected chi connectivity index (χ0v) is 22.4. The summed E-state index contributed by atoms with van der Waals surface area (Å²) < 4.78 is 15.2. The van der Waals surface area contributed by atoms with Crippen molar-refractivity contribution < 1.29 is 18.8 Å². The van der Waals surface area contributed by atoms with E-state index in [1.54, 1.807) is 60.7 Å². The smallest absolute Gasteiger partial charge is 0.308 e. The number of nitrogens with zero attached hydrogens (tertiary/aromatic N) is 2. The molecule has 3 atom stereocenters. The number of benzene rings is 3. The molecular weight excluding hydrogens is 561 g/mol. The highest BCUT2D eigenvalue weighted by molar-refractivity contribution is 8.00. The molecule has 6 rings (SSSR count). The number of fused-ring (bicyclic) bond motifs is 2. The number of nitrogens with one attached hydrogen (secondary N) is 1. The monoisotopic (exact) mass is 579 g/mol. The number of hydrogen-bond acceptors (Lipinski definition) is 6. The summed E-state index contributed by atoms with van der Waals surface area (Å²) in [4.78, 5) is 54.9. The van der Waals surface area contributed by atoms with E-state index in [9.17, 15) is 23.6 Å². The SMILES string of the molecule is O=C(Cn1c2c(sc1=O)[C@@H](c1ccc(F)cc1)[C@H]1C(=O)N(c3ccc(Cl)cc3)C(=O)[C@H]1S2)Nc1ccccc1. The van der Waals surface area contributed by atoms with Crippen LogP contribution in [-0.2, 0) is 20.9 Å². The first kappa shape index (κ1) is 25.5. The summed E-state index contributed by atoms with van der Waals surface area (Å²) in [5.74, 6) is -3.16. The first-order valence-electron chi connectivity index (χ1n) is 12.0. The molecule has 1 saturated heterocycles. The Kier molecular flexibility index (Phi) is 6.62. The van der Waals surface area contributed by atoms with Gasteiger partial charge < -0.3 is 5.32 Å². The van der Waals surface area contributed by atoms with Crippen LogP contribution in [-0.4, -0.2) is 27.5 Å². The highest BCUT2D eigenvalue weighted by Gasteiger charge is 2.56. The van der Waals surface area contributed by atoms with Crippen molar-refractivity contribution in [3.63, 3.8) is 0 Å². The topological polar surface area (TPSA) is 88.5 Å². The Labute approximate surface area is 235 Å². The quantitative estimate of drug-likeness (QED) is 0.331. The van der Waals surface area contributed by atoms with Crippen molar-refractivity contribution >= 4 is 63.8 Å². The molecule has 0 aliphatic carbocycles. The van der Waals surface area contributed by atoms with Crippen LogP contribution < -0.4 is 15.1 Å². The number of amides is 3. The molecule has 0 spiro atoms. The summed E-state index contributed by atoms with van der Waals surface area (Å²) >= 11 is 8.07. The number of anilines is 2. The summed E-state index contributed by atoms with van der Waals surface area (Å²) in [7, 11) is 0. The van der Waals surface area contributed by atoms with Crippen LogP contribution in [0.2, 0.25) is 5.02 Å². The number of hydrogen-bond donors (Lipinski definition) is 1. The Morgan fingerprint density at radius 3 is 2.31 bits per heavy atom. The Morgan fingerprint density at radius 2 is 1.62 bits per heavy atom. The number of carbonyl (C=O) groups is 3. The maximum absolute atomic E-state index is 13.8. The van der Waals surface area contributed by atoms with E-state index in [2.05, 4.69) is 5.32 Å². The molecule has 3 heterocycles. The lowest BCUT2D eigenvalue weighted by Gasteiger charge is -2.30. The van der Waals surface area contributed by atoms with Crippen molar-refractivity contribution in [3.05, 3.63) is 110 Å². The first-order chi connectivity index (χ1) is 18.8. The highest BCUT2D eigenvalue weighted by Crippen LogP contribution is 2.53. The third-order valence-corrected chi connectivity index (χ3v) is 9.58. The van der Waals surface area contributed by atoms with Gasteiger partial charge in [0.15, 0.2) is 0 Å². The summed E-state index contributed by atoms with van der Waals surface area (Å²) in [6, 6.07) is 21.0. The van der Waals surface area contributed by atoms with Gasteiger partial charge in [-0.1, -0.05) is 65.0 Å². The predicted molar refractivity (Wildman–Crippen MR) is 149 cm³/mol. The van der Waals surface area contributed by atoms with Gasteiger partial charge in [-0.2, -0.15) is 0 Å². The van der Waals surface area contributed by atoms with Crippen molar-refractivity contribution in [2.45, 2.75) is 22.7 Å². The van der Waals surface area contributed by atoms with Crippen LogP contribution in [0.4, 0.5) is 15.8 Å². The standard InChI is InChI=1S/C28H19ClFN3O4S2/c29-16-8-12-19(13-9-16)33-25(35)22-21(15-6-10-17(30)11-7-15)24-27(38-23(22)26(33)36)32(28(37)39-24)14-20(34)31-18-4-2-1-3-5-18/h1-13,21-23H,14H2,(H,31,34)/t21-,22+,23-/m0/s1. The van der Waals surface area contributed by atoms with Crippen LogP contribution in [0.1, 0.15) is 16.4 Å². The van der Waals surface area contributed by atoms with Crippen molar-refractivity contribution in [1.82, 2.24) is 4.57 Å². The molecule has 196 valence electrons. The fourth-order valence-electron chi connectivity index (χ4n) is 4.99. The number of thioether (sulfide) groups is 1. The van der Waals surface area contributed by atoms with Gasteiger partial charge >= 0.3 is 4.87 Å². The number of imide groups is 1. The largest absolute Gasteiger partial charge is 0.325 e.